The van der Waals surface area contributed by atoms with Crippen molar-refractivity contribution < 1.29 is 29.0 Å². The number of aromatic carboxylic acids is 1. The molecule has 0 spiro atoms. The third-order valence-electron chi connectivity index (χ3n) is 5.12. The van der Waals surface area contributed by atoms with Crippen LogP contribution in [0.15, 0.2) is 65.1 Å². The maximum Gasteiger partial charge on any atom is 0.355 e. The largest absolute Gasteiger partial charge is 0.478 e. The number of ether oxygens (including phenoxy) is 2. The fraction of sp³-hybridized carbons (Fsp3) is 0.130. The van der Waals surface area contributed by atoms with Crippen LogP contribution in [-0.2, 0) is 19.1 Å². The molecule has 0 saturated heterocycles. The molecule has 1 aliphatic heterocycles. The molecule has 9 nitrogen and oxygen atoms in total. The second-order valence-electron chi connectivity index (χ2n) is 6.92. The van der Waals surface area contributed by atoms with E-state index in [0.29, 0.717) is 5.56 Å². The van der Waals surface area contributed by atoms with E-state index in [-0.39, 0.29) is 44.0 Å². The number of halogens is 2. The molecule has 0 radical (unpaired) electrons. The van der Waals surface area contributed by atoms with Gasteiger partial charge in [0.2, 0.25) is 0 Å². The first-order valence-electron chi connectivity index (χ1n) is 9.55. The molecule has 0 saturated carbocycles. The van der Waals surface area contributed by atoms with Crippen LogP contribution in [0.25, 0.3) is 0 Å². The molecule has 1 aliphatic rings. The molecule has 0 bridgehead atoms. The third kappa shape index (κ3) is 4.17. The van der Waals surface area contributed by atoms with Crippen molar-refractivity contribution in [2.45, 2.75) is 5.92 Å². The molecular formula is C23H17Cl2N3O6. The Kier molecular flexibility index (Phi) is 7.15. The van der Waals surface area contributed by atoms with Gasteiger partial charge < -0.3 is 20.3 Å². The number of anilines is 1. The van der Waals surface area contributed by atoms with E-state index < -0.39 is 23.8 Å². The summed E-state index contributed by atoms with van der Waals surface area (Å²) in [6, 6.07) is 12.6. The lowest BCUT2D eigenvalue weighted by Gasteiger charge is -2.36. The van der Waals surface area contributed by atoms with Crippen molar-refractivity contribution in [3.05, 3.63) is 86.3 Å². The number of esters is 2. The molecule has 2 aromatic carbocycles. The zero-order chi connectivity index (χ0) is 25.2. The predicted molar refractivity (Wildman–Crippen MR) is 123 cm³/mol. The summed E-state index contributed by atoms with van der Waals surface area (Å²) in [5.41, 5.74) is 5.67. The van der Waals surface area contributed by atoms with Crippen molar-refractivity contribution in [1.82, 2.24) is 0 Å². The summed E-state index contributed by atoms with van der Waals surface area (Å²) in [6.45, 7) is 0. The Balaban J connectivity index is 2.48. The molecule has 1 atom stereocenters. The molecule has 2 aromatic rings. The van der Waals surface area contributed by atoms with E-state index in [2.05, 4.69) is 0 Å². The first-order valence-corrected chi connectivity index (χ1v) is 10.3. The molecular weight excluding hydrogens is 485 g/mol. The molecule has 1 heterocycles. The molecule has 34 heavy (non-hydrogen) atoms. The van der Waals surface area contributed by atoms with Crippen molar-refractivity contribution in [1.29, 1.82) is 5.26 Å². The van der Waals surface area contributed by atoms with Crippen LogP contribution in [0.2, 0.25) is 10.0 Å². The number of carbonyl (C=O) groups excluding carboxylic acids is 2. The van der Waals surface area contributed by atoms with Crippen LogP contribution in [0.4, 0.5) is 5.69 Å². The number of allylic oxidation sites excluding steroid dienone is 1. The molecule has 0 aromatic heterocycles. The third-order valence-corrected chi connectivity index (χ3v) is 5.73. The van der Waals surface area contributed by atoms with Gasteiger partial charge in [0.1, 0.15) is 11.5 Å². The Labute approximate surface area is 204 Å². The lowest BCUT2D eigenvalue weighted by molar-refractivity contribution is -0.139. The monoisotopic (exact) mass is 501 g/mol. The van der Waals surface area contributed by atoms with Gasteiger partial charge >= 0.3 is 17.9 Å². The van der Waals surface area contributed by atoms with Gasteiger partial charge in [-0.05, 0) is 17.7 Å². The minimum Gasteiger partial charge on any atom is -0.478 e. The van der Waals surface area contributed by atoms with E-state index >= 15 is 0 Å². The number of nitriles is 1. The minimum absolute atomic E-state index is 0.0952. The van der Waals surface area contributed by atoms with Gasteiger partial charge in [0.05, 0.1) is 58.6 Å². The average molecular weight is 502 g/mol. The van der Waals surface area contributed by atoms with Crippen molar-refractivity contribution in [3.63, 3.8) is 0 Å². The number of nitrogens with zero attached hydrogens (tertiary/aromatic N) is 2. The number of rotatable bonds is 5. The lowest BCUT2D eigenvalue weighted by Crippen LogP contribution is -2.41. The molecule has 3 N–H and O–H groups in total. The molecule has 0 fully saturated rings. The molecule has 0 aliphatic carbocycles. The summed E-state index contributed by atoms with van der Waals surface area (Å²) in [5, 5.41) is 19.3. The van der Waals surface area contributed by atoms with Crippen LogP contribution in [0.3, 0.4) is 0 Å². The second-order valence-corrected chi connectivity index (χ2v) is 7.74. The van der Waals surface area contributed by atoms with Crippen LogP contribution >= 0.6 is 23.2 Å². The van der Waals surface area contributed by atoms with Gasteiger partial charge in [-0.1, -0.05) is 53.5 Å². The number of carboxylic acid groups (broad SMARTS) is 1. The van der Waals surface area contributed by atoms with Gasteiger partial charge in [0.15, 0.2) is 0 Å². The van der Waals surface area contributed by atoms with Gasteiger partial charge in [-0.15, -0.1) is 0 Å². The molecule has 11 heteroatoms. The van der Waals surface area contributed by atoms with E-state index in [1.54, 1.807) is 30.3 Å². The highest BCUT2D eigenvalue weighted by Crippen LogP contribution is 2.45. The van der Waals surface area contributed by atoms with Gasteiger partial charge in [-0.25, -0.2) is 14.4 Å². The quantitative estimate of drug-likeness (QED) is 0.587. The van der Waals surface area contributed by atoms with Crippen molar-refractivity contribution in [3.8, 4) is 6.07 Å². The number of hydrogen-bond donors (Lipinski definition) is 2. The molecule has 3 rings (SSSR count). The summed E-state index contributed by atoms with van der Waals surface area (Å²) >= 11 is 12.4. The highest BCUT2D eigenvalue weighted by molar-refractivity contribution is 6.38. The van der Waals surface area contributed by atoms with E-state index in [9.17, 15) is 24.8 Å². The molecule has 174 valence electrons. The highest BCUT2D eigenvalue weighted by Gasteiger charge is 2.43. The van der Waals surface area contributed by atoms with Crippen LogP contribution in [0, 0.1) is 11.3 Å². The number of methoxy groups -OCH3 is 2. The number of benzene rings is 2. The van der Waals surface area contributed by atoms with Crippen molar-refractivity contribution >= 4 is 46.8 Å². The van der Waals surface area contributed by atoms with Crippen LogP contribution < -0.4 is 10.6 Å². The first kappa shape index (κ1) is 24.6. The van der Waals surface area contributed by atoms with Crippen LogP contribution in [0.5, 0.6) is 0 Å². The summed E-state index contributed by atoms with van der Waals surface area (Å²) in [4.78, 5) is 38.7. The van der Waals surface area contributed by atoms with Gasteiger partial charge in [-0.2, -0.15) is 5.26 Å². The Morgan fingerprint density at radius 3 is 2.21 bits per heavy atom. The highest BCUT2D eigenvalue weighted by atomic mass is 35.5. The predicted octanol–water partition coefficient (Wildman–Crippen LogP) is 3.59. The maximum absolute atomic E-state index is 13.0. The normalized spacial score (nSPS) is 15.6. The zero-order valence-electron chi connectivity index (χ0n) is 17.8. The lowest BCUT2D eigenvalue weighted by atomic mass is 9.81. The topological polar surface area (TPSA) is 143 Å². The van der Waals surface area contributed by atoms with Crippen LogP contribution in [0.1, 0.15) is 21.8 Å². The van der Waals surface area contributed by atoms with Crippen LogP contribution in [-0.4, -0.2) is 37.2 Å². The van der Waals surface area contributed by atoms with Gasteiger partial charge in [-0.3, -0.25) is 4.90 Å². The Hall–Kier alpha value is -4.00. The number of carbonyl (C=O) groups is 3. The average Bonchev–Trinajstić information content (AvgIpc) is 2.83. The number of nitrogens with two attached hydrogens (primary N) is 1. The van der Waals surface area contributed by atoms with E-state index in [1.165, 1.54) is 0 Å². The maximum atomic E-state index is 13.0. The smallest absolute Gasteiger partial charge is 0.355 e. The standard InChI is InChI=1S/C23H17Cl2N3O6/c1-33-22(31)18-17(11-6-4-3-5-7-11)13(10-26)20(27)28(19(18)23(32)34-2)16-8-12(21(29)30)14(24)9-15(16)25/h3-9,17H,27H2,1-2H3,(H,29,30). The number of hydrogen-bond acceptors (Lipinski definition) is 8. The Morgan fingerprint density at radius 2 is 1.68 bits per heavy atom. The summed E-state index contributed by atoms with van der Waals surface area (Å²) in [6.07, 6.45) is 0. The van der Waals surface area contributed by atoms with E-state index in [1.807, 2.05) is 6.07 Å². The summed E-state index contributed by atoms with van der Waals surface area (Å²) < 4.78 is 9.85. The van der Waals surface area contributed by atoms with Gasteiger partial charge in [0, 0.05) is 0 Å². The second kappa shape index (κ2) is 9.87. The van der Waals surface area contributed by atoms with E-state index in [0.717, 1.165) is 31.3 Å². The number of carboxylic acids is 1. The van der Waals surface area contributed by atoms with Gasteiger partial charge in [0.25, 0.3) is 0 Å². The Bertz CT molecular complexity index is 1300. The SMILES string of the molecule is COC(=O)C1=C(C(=O)OC)N(c2cc(C(=O)O)c(Cl)cc2Cl)C(N)=C(C#N)C1c1ccccc1. The zero-order valence-corrected chi connectivity index (χ0v) is 19.3. The fourth-order valence-electron chi connectivity index (χ4n) is 3.64. The van der Waals surface area contributed by atoms with Crippen molar-refractivity contribution in [2.24, 2.45) is 5.73 Å². The first-order chi connectivity index (χ1) is 16.2. The van der Waals surface area contributed by atoms with E-state index in [4.69, 9.17) is 38.4 Å². The minimum atomic E-state index is -1.37. The molecule has 1 unspecified atom stereocenters. The molecule has 0 amide bonds. The van der Waals surface area contributed by atoms with Crippen molar-refractivity contribution in [2.75, 3.05) is 19.1 Å². The fourth-order valence-corrected chi connectivity index (χ4v) is 4.18. The summed E-state index contributed by atoms with van der Waals surface area (Å²) in [7, 11) is 2.20. The summed E-state index contributed by atoms with van der Waals surface area (Å²) in [5.74, 6) is -4.63. The Morgan fingerprint density at radius 1 is 1.06 bits per heavy atom.